The zero-order chi connectivity index (χ0) is 9.80. The van der Waals surface area contributed by atoms with Crippen LogP contribution in [-0.2, 0) is 6.54 Å². The van der Waals surface area contributed by atoms with Crippen LogP contribution in [-0.4, -0.2) is 43.0 Å². The monoisotopic (exact) mass is 189 g/mol. The number of rotatable bonds is 2. The number of benzene rings is 1. The third-order valence-electron chi connectivity index (χ3n) is 2.79. The number of nitrogens with zero attached hydrogens (tertiary/aromatic N) is 2. The highest BCUT2D eigenvalue weighted by molar-refractivity contribution is 5.13. The Morgan fingerprint density at radius 3 is 2.43 bits per heavy atom. The van der Waals surface area contributed by atoms with E-state index in [0.717, 1.165) is 6.54 Å². The van der Waals surface area contributed by atoms with Gasteiger partial charge in [0.25, 0.3) is 0 Å². The molecule has 1 aromatic carbocycles. The van der Waals surface area contributed by atoms with Gasteiger partial charge >= 0.3 is 0 Å². The molecule has 2 heteroatoms. The molecular formula is C12H17N2. The van der Waals surface area contributed by atoms with E-state index in [4.69, 9.17) is 0 Å². The van der Waals surface area contributed by atoms with Crippen LogP contribution >= 0.6 is 0 Å². The van der Waals surface area contributed by atoms with Crippen LogP contribution in [0, 0.1) is 6.07 Å². The smallest absolute Gasteiger partial charge is 0.0234 e. The quantitative estimate of drug-likeness (QED) is 0.690. The largest absolute Gasteiger partial charge is 0.304 e. The first-order valence-electron chi connectivity index (χ1n) is 5.20. The zero-order valence-electron chi connectivity index (χ0n) is 8.74. The minimum atomic E-state index is 1.09. The third kappa shape index (κ3) is 2.56. The summed E-state index contributed by atoms with van der Waals surface area (Å²) in [7, 11) is 2.19. The highest BCUT2D eigenvalue weighted by Gasteiger charge is 2.13. The molecule has 0 amide bonds. The van der Waals surface area contributed by atoms with Crippen LogP contribution in [0.5, 0.6) is 0 Å². The molecule has 0 aliphatic carbocycles. The third-order valence-corrected chi connectivity index (χ3v) is 2.79. The highest BCUT2D eigenvalue weighted by atomic mass is 15.2. The molecule has 1 aromatic rings. The van der Waals surface area contributed by atoms with Crippen LogP contribution in [0.2, 0.25) is 0 Å². The summed E-state index contributed by atoms with van der Waals surface area (Å²) in [5.74, 6) is 0. The molecule has 1 aliphatic heterocycles. The van der Waals surface area contributed by atoms with E-state index in [1.807, 2.05) is 12.1 Å². The van der Waals surface area contributed by atoms with Crippen molar-refractivity contribution in [2.45, 2.75) is 6.54 Å². The molecule has 0 unspecified atom stereocenters. The lowest BCUT2D eigenvalue weighted by atomic mass is 10.2. The molecule has 1 radical (unpaired) electrons. The van der Waals surface area contributed by atoms with E-state index in [1.165, 1.54) is 31.7 Å². The maximum Gasteiger partial charge on any atom is 0.0234 e. The van der Waals surface area contributed by atoms with Crippen LogP contribution in [0.4, 0.5) is 0 Å². The average Bonchev–Trinajstić information content (AvgIpc) is 2.23. The van der Waals surface area contributed by atoms with Gasteiger partial charge in [-0.3, -0.25) is 4.90 Å². The van der Waals surface area contributed by atoms with Gasteiger partial charge in [0, 0.05) is 32.7 Å². The molecule has 1 heterocycles. The Kier molecular flexibility index (Phi) is 3.17. The van der Waals surface area contributed by atoms with Crippen molar-refractivity contribution in [3.05, 3.63) is 35.9 Å². The van der Waals surface area contributed by atoms with E-state index in [0.29, 0.717) is 0 Å². The molecule has 1 fully saturated rings. The first kappa shape index (κ1) is 9.69. The molecule has 1 aliphatic rings. The van der Waals surface area contributed by atoms with Gasteiger partial charge in [-0.05, 0) is 18.7 Å². The molecule has 75 valence electrons. The summed E-state index contributed by atoms with van der Waals surface area (Å²) >= 11 is 0. The van der Waals surface area contributed by atoms with Crippen molar-refractivity contribution < 1.29 is 0 Å². The summed E-state index contributed by atoms with van der Waals surface area (Å²) in [6.45, 7) is 5.85. The number of hydrogen-bond donors (Lipinski definition) is 0. The second-order valence-corrected chi connectivity index (χ2v) is 3.99. The summed E-state index contributed by atoms with van der Waals surface area (Å²) in [4.78, 5) is 4.89. The van der Waals surface area contributed by atoms with Crippen LogP contribution in [0.15, 0.2) is 24.3 Å². The zero-order valence-corrected chi connectivity index (χ0v) is 8.74. The molecule has 14 heavy (non-hydrogen) atoms. The van der Waals surface area contributed by atoms with Crippen molar-refractivity contribution in [2.24, 2.45) is 0 Å². The molecule has 0 spiro atoms. The normalized spacial score (nSPS) is 19.8. The van der Waals surface area contributed by atoms with Gasteiger partial charge in [0.15, 0.2) is 0 Å². The maximum absolute atomic E-state index is 3.05. The van der Waals surface area contributed by atoms with Gasteiger partial charge in [0.2, 0.25) is 0 Å². The predicted octanol–water partition coefficient (Wildman–Crippen LogP) is 1.23. The van der Waals surface area contributed by atoms with Crippen LogP contribution in [0.25, 0.3) is 0 Å². The fourth-order valence-electron chi connectivity index (χ4n) is 1.79. The van der Waals surface area contributed by atoms with Gasteiger partial charge in [-0.2, -0.15) is 0 Å². The average molecular weight is 189 g/mol. The number of hydrogen-bond acceptors (Lipinski definition) is 2. The topological polar surface area (TPSA) is 6.48 Å². The predicted molar refractivity (Wildman–Crippen MR) is 58.1 cm³/mol. The molecule has 1 saturated heterocycles. The molecule has 2 rings (SSSR count). The molecule has 0 saturated carbocycles. The van der Waals surface area contributed by atoms with Crippen molar-refractivity contribution in [3.8, 4) is 0 Å². The van der Waals surface area contributed by atoms with E-state index in [9.17, 15) is 0 Å². The molecule has 0 bridgehead atoms. The van der Waals surface area contributed by atoms with Gasteiger partial charge in [-0.1, -0.05) is 24.3 Å². The molecule has 0 atom stereocenters. The van der Waals surface area contributed by atoms with E-state index in [1.54, 1.807) is 0 Å². The Morgan fingerprint density at radius 2 is 1.79 bits per heavy atom. The molecule has 2 nitrogen and oxygen atoms in total. The van der Waals surface area contributed by atoms with Crippen molar-refractivity contribution in [3.63, 3.8) is 0 Å². The van der Waals surface area contributed by atoms with E-state index < -0.39 is 0 Å². The Labute approximate surface area is 86.1 Å². The standard InChI is InChI=1S/C12H17N2/c1-13-7-9-14(10-8-13)11-12-5-3-2-4-6-12/h3-6H,7-11H2,1H3. The van der Waals surface area contributed by atoms with Crippen molar-refractivity contribution in [1.29, 1.82) is 0 Å². The lowest BCUT2D eigenvalue weighted by molar-refractivity contribution is 0.148. The fourth-order valence-corrected chi connectivity index (χ4v) is 1.79. The van der Waals surface area contributed by atoms with Crippen LogP contribution in [0.1, 0.15) is 5.56 Å². The Bertz CT molecular complexity index is 263. The van der Waals surface area contributed by atoms with Gasteiger partial charge in [-0.25, -0.2) is 0 Å². The van der Waals surface area contributed by atoms with Gasteiger partial charge < -0.3 is 4.90 Å². The highest BCUT2D eigenvalue weighted by Crippen LogP contribution is 2.06. The molecular weight excluding hydrogens is 172 g/mol. The van der Waals surface area contributed by atoms with E-state index in [-0.39, 0.29) is 0 Å². The van der Waals surface area contributed by atoms with Crippen molar-refractivity contribution in [2.75, 3.05) is 33.2 Å². The van der Waals surface area contributed by atoms with Crippen LogP contribution < -0.4 is 0 Å². The van der Waals surface area contributed by atoms with Crippen molar-refractivity contribution in [1.82, 2.24) is 9.80 Å². The van der Waals surface area contributed by atoms with Gasteiger partial charge in [-0.15, -0.1) is 0 Å². The first-order chi connectivity index (χ1) is 6.84. The van der Waals surface area contributed by atoms with E-state index in [2.05, 4.69) is 35.0 Å². The second kappa shape index (κ2) is 4.58. The summed E-state index contributed by atoms with van der Waals surface area (Å²) < 4.78 is 0. The Hall–Kier alpha value is -0.860. The van der Waals surface area contributed by atoms with Crippen molar-refractivity contribution >= 4 is 0 Å². The summed E-state index contributed by atoms with van der Waals surface area (Å²) in [6, 6.07) is 11.3. The SMILES string of the molecule is CN1CCN(Cc2cc[c]cc2)CC1. The second-order valence-electron chi connectivity index (χ2n) is 3.99. The maximum atomic E-state index is 3.05. The first-order valence-corrected chi connectivity index (χ1v) is 5.20. The summed E-state index contributed by atoms with van der Waals surface area (Å²) in [6.07, 6.45) is 0. The number of piperazine rings is 1. The lowest BCUT2D eigenvalue weighted by Crippen LogP contribution is -2.43. The molecule has 0 aromatic heterocycles. The van der Waals surface area contributed by atoms with Gasteiger partial charge in [0.1, 0.15) is 0 Å². The summed E-state index contributed by atoms with van der Waals surface area (Å²) in [5, 5.41) is 0. The fraction of sp³-hybridized carbons (Fsp3) is 0.500. The molecule has 0 N–H and O–H groups in total. The number of likely N-dealkylation sites (N-methyl/N-ethyl adjacent to an activating group) is 1. The Balaban J connectivity index is 1.87. The lowest BCUT2D eigenvalue weighted by Gasteiger charge is -2.32. The van der Waals surface area contributed by atoms with Crippen LogP contribution in [0.3, 0.4) is 0 Å². The Morgan fingerprint density at radius 1 is 1.14 bits per heavy atom. The summed E-state index contributed by atoms with van der Waals surface area (Å²) in [5.41, 5.74) is 1.40. The van der Waals surface area contributed by atoms with Gasteiger partial charge in [0.05, 0.1) is 0 Å². The van der Waals surface area contributed by atoms with E-state index >= 15 is 0 Å². The minimum absolute atomic E-state index is 1.09. The minimum Gasteiger partial charge on any atom is -0.304 e.